The van der Waals surface area contributed by atoms with Crippen LogP contribution in [0.2, 0.25) is 0 Å². The molecule has 68 valence electrons. The van der Waals surface area contributed by atoms with Crippen LogP contribution >= 0.6 is 0 Å². The molecule has 2 rings (SSSR count). The van der Waals surface area contributed by atoms with E-state index in [4.69, 9.17) is 5.73 Å². The Bertz CT molecular complexity index is 430. The van der Waals surface area contributed by atoms with E-state index in [1.807, 2.05) is 30.5 Å². The lowest BCUT2D eigenvalue weighted by molar-refractivity contribution is 0.789. The highest BCUT2D eigenvalue weighted by atomic mass is 15.1. The molecule has 0 spiro atoms. The molecule has 0 aromatic carbocycles. The quantitative estimate of drug-likeness (QED) is 0.706. The number of nitrogens with zero attached hydrogens (tertiary/aromatic N) is 3. The predicted octanol–water partition coefficient (Wildman–Crippen LogP) is 1.06. The van der Waals surface area contributed by atoms with Crippen LogP contribution in [0, 0.1) is 6.92 Å². The molecule has 1 atom stereocenters. The van der Waals surface area contributed by atoms with Crippen LogP contribution in [-0.4, -0.2) is 14.4 Å². The highest BCUT2D eigenvalue weighted by Crippen LogP contribution is 2.11. The van der Waals surface area contributed by atoms with E-state index in [1.54, 1.807) is 6.20 Å². The Balaban J connectivity index is 2.68. The summed E-state index contributed by atoms with van der Waals surface area (Å²) < 4.78 is 1.94. The van der Waals surface area contributed by atoms with Crippen molar-refractivity contribution >= 4 is 5.65 Å². The normalized spacial score (nSPS) is 13.5. The molecule has 4 nitrogen and oxygen atoms in total. The maximum Gasteiger partial charge on any atom is 0.140 e. The molecule has 0 aliphatic heterocycles. The minimum Gasteiger partial charge on any atom is -0.323 e. The monoisotopic (exact) mass is 176 g/mol. The molecule has 13 heavy (non-hydrogen) atoms. The average molecular weight is 176 g/mol. The summed E-state index contributed by atoms with van der Waals surface area (Å²) >= 11 is 0. The Labute approximate surface area is 76.4 Å². The van der Waals surface area contributed by atoms with Crippen LogP contribution in [-0.2, 0) is 0 Å². The van der Waals surface area contributed by atoms with Crippen molar-refractivity contribution in [2.75, 3.05) is 0 Å². The van der Waals surface area contributed by atoms with Crippen molar-refractivity contribution in [3.8, 4) is 0 Å². The zero-order valence-electron chi connectivity index (χ0n) is 7.73. The standard InChI is InChI=1S/C9H12N4/c1-6(10)8-5-13-7(2)11-4-3-9(13)12-8/h3-6H,10H2,1-2H3. The van der Waals surface area contributed by atoms with Crippen LogP contribution < -0.4 is 5.73 Å². The van der Waals surface area contributed by atoms with E-state index < -0.39 is 0 Å². The fourth-order valence-electron chi connectivity index (χ4n) is 1.28. The Morgan fingerprint density at radius 1 is 1.54 bits per heavy atom. The fourth-order valence-corrected chi connectivity index (χ4v) is 1.28. The van der Waals surface area contributed by atoms with Crippen molar-refractivity contribution in [1.82, 2.24) is 14.4 Å². The largest absolute Gasteiger partial charge is 0.323 e. The van der Waals surface area contributed by atoms with E-state index in [2.05, 4.69) is 9.97 Å². The zero-order chi connectivity index (χ0) is 9.42. The highest BCUT2D eigenvalue weighted by molar-refractivity contribution is 5.39. The van der Waals surface area contributed by atoms with Gasteiger partial charge in [-0.3, -0.25) is 4.40 Å². The van der Waals surface area contributed by atoms with Crippen molar-refractivity contribution in [2.24, 2.45) is 5.73 Å². The minimum atomic E-state index is -0.0284. The van der Waals surface area contributed by atoms with Gasteiger partial charge in [0.1, 0.15) is 11.5 Å². The van der Waals surface area contributed by atoms with E-state index >= 15 is 0 Å². The third-order valence-corrected chi connectivity index (χ3v) is 2.05. The molecule has 0 saturated carbocycles. The van der Waals surface area contributed by atoms with Crippen molar-refractivity contribution in [3.05, 3.63) is 30.0 Å². The fraction of sp³-hybridized carbons (Fsp3) is 0.333. The number of hydrogen-bond donors (Lipinski definition) is 1. The molecule has 0 aliphatic rings. The van der Waals surface area contributed by atoms with E-state index in [1.165, 1.54) is 0 Å². The summed E-state index contributed by atoms with van der Waals surface area (Å²) in [6.07, 6.45) is 3.69. The molecule has 2 aromatic heterocycles. The van der Waals surface area contributed by atoms with Crippen LogP contribution in [0.5, 0.6) is 0 Å². The third kappa shape index (κ3) is 1.29. The molecule has 0 bridgehead atoms. The van der Waals surface area contributed by atoms with Gasteiger partial charge < -0.3 is 5.73 Å². The van der Waals surface area contributed by atoms with Gasteiger partial charge in [0.25, 0.3) is 0 Å². The molecular formula is C9H12N4. The molecule has 4 heteroatoms. The van der Waals surface area contributed by atoms with Crippen LogP contribution in [0.1, 0.15) is 24.5 Å². The molecule has 0 radical (unpaired) electrons. The summed E-state index contributed by atoms with van der Waals surface area (Å²) in [6, 6.07) is 1.85. The molecule has 0 amide bonds. The van der Waals surface area contributed by atoms with Gasteiger partial charge in [-0.15, -0.1) is 0 Å². The van der Waals surface area contributed by atoms with Crippen LogP contribution in [0.25, 0.3) is 5.65 Å². The number of rotatable bonds is 1. The molecule has 1 unspecified atom stereocenters. The van der Waals surface area contributed by atoms with E-state index in [9.17, 15) is 0 Å². The predicted molar refractivity (Wildman–Crippen MR) is 50.3 cm³/mol. The Morgan fingerprint density at radius 3 is 2.92 bits per heavy atom. The minimum absolute atomic E-state index is 0.0284. The second-order valence-corrected chi connectivity index (χ2v) is 3.17. The maximum atomic E-state index is 5.73. The second-order valence-electron chi connectivity index (χ2n) is 3.17. The number of hydrogen-bond acceptors (Lipinski definition) is 3. The van der Waals surface area contributed by atoms with Gasteiger partial charge in [0, 0.05) is 18.4 Å². The Hall–Kier alpha value is -1.42. The lowest BCUT2D eigenvalue weighted by atomic mass is 10.3. The van der Waals surface area contributed by atoms with Crippen LogP contribution in [0.15, 0.2) is 18.5 Å². The lowest BCUT2D eigenvalue weighted by Gasteiger charge is -1.96. The first-order chi connectivity index (χ1) is 6.18. The Morgan fingerprint density at radius 2 is 2.31 bits per heavy atom. The average Bonchev–Trinajstić information content (AvgIpc) is 2.49. The summed E-state index contributed by atoms with van der Waals surface area (Å²) in [5.74, 6) is 0.928. The van der Waals surface area contributed by atoms with Gasteiger partial charge in [0.05, 0.1) is 5.69 Å². The summed E-state index contributed by atoms with van der Waals surface area (Å²) in [5, 5.41) is 0. The molecular weight excluding hydrogens is 164 g/mol. The van der Waals surface area contributed by atoms with Crippen molar-refractivity contribution in [1.29, 1.82) is 0 Å². The molecule has 0 aliphatic carbocycles. The first kappa shape index (κ1) is 8.19. The molecule has 2 aromatic rings. The molecule has 0 saturated heterocycles. The first-order valence-corrected chi connectivity index (χ1v) is 4.24. The molecule has 0 fully saturated rings. The Kier molecular flexibility index (Phi) is 1.77. The maximum absolute atomic E-state index is 5.73. The number of imidazole rings is 1. The van der Waals surface area contributed by atoms with Crippen molar-refractivity contribution in [2.45, 2.75) is 19.9 Å². The van der Waals surface area contributed by atoms with E-state index in [0.29, 0.717) is 0 Å². The topological polar surface area (TPSA) is 56.2 Å². The van der Waals surface area contributed by atoms with Gasteiger partial charge in [-0.1, -0.05) is 0 Å². The van der Waals surface area contributed by atoms with Crippen LogP contribution in [0.3, 0.4) is 0 Å². The number of aromatic nitrogens is 3. The molecule has 2 N–H and O–H groups in total. The van der Waals surface area contributed by atoms with Gasteiger partial charge in [-0.2, -0.15) is 0 Å². The molecule has 2 heterocycles. The summed E-state index contributed by atoms with van der Waals surface area (Å²) in [5.41, 5.74) is 7.53. The highest BCUT2D eigenvalue weighted by Gasteiger charge is 2.06. The summed E-state index contributed by atoms with van der Waals surface area (Å²) in [6.45, 7) is 3.87. The second kappa shape index (κ2) is 2.81. The van der Waals surface area contributed by atoms with Gasteiger partial charge in [-0.05, 0) is 19.9 Å². The first-order valence-electron chi connectivity index (χ1n) is 4.24. The van der Waals surface area contributed by atoms with Crippen molar-refractivity contribution < 1.29 is 0 Å². The lowest BCUT2D eigenvalue weighted by Crippen LogP contribution is -2.04. The zero-order valence-corrected chi connectivity index (χ0v) is 7.73. The number of nitrogens with two attached hydrogens (primary N) is 1. The van der Waals surface area contributed by atoms with E-state index in [0.717, 1.165) is 17.2 Å². The van der Waals surface area contributed by atoms with Gasteiger partial charge >= 0.3 is 0 Å². The van der Waals surface area contributed by atoms with Gasteiger partial charge in [0.2, 0.25) is 0 Å². The summed E-state index contributed by atoms with van der Waals surface area (Å²) in [4.78, 5) is 8.53. The van der Waals surface area contributed by atoms with Crippen molar-refractivity contribution in [3.63, 3.8) is 0 Å². The SMILES string of the molecule is Cc1nccc2nc(C(C)N)cn12. The van der Waals surface area contributed by atoms with E-state index in [-0.39, 0.29) is 6.04 Å². The van der Waals surface area contributed by atoms with Crippen LogP contribution in [0.4, 0.5) is 0 Å². The number of aryl methyl sites for hydroxylation is 1. The van der Waals surface area contributed by atoms with Gasteiger partial charge in [0.15, 0.2) is 0 Å². The third-order valence-electron chi connectivity index (χ3n) is 2.05. The van der Waals surface area contributed by atoms with Gasteiger partial charge in [-0.25, -0.2) is 9.97 Å². The summed E-state index contributed by atoms with van der Waals surface area (Å²) in [7, 11) is 0. The smallest absolute Gasteiger partial charge is 0.140 e. The number of fused-ring (bicyclic) bond motifs is 1.